The number of piperidine rings is 1. The molecule has 1 fully saturated rings. The van der Waals surface area contributed by atoms with Gasteiger partial charge >= 0.3 is 6.09 Å². The maximum absolute atomic E-state index is 12.7. The van der Waals surface area contributed by atoms with Crippen LogP contribution in [0.25, 0.3) is 0 Å². The summed E-state index contributed by atoms with van der Waals surface area (Å²) in [5.74, 6) is 0.368. The van der Waals surface area contributed by atoms with Crippen LogP contribution in [-0.4, -0.2) is 35.1 Å². The lowest BCUT2D eigenvalue weighted by Crippen LogP contribution is -2.37. The van der Waals surface area contributed by atoms with Crippen molar-refractivity contribution >= 4 is 12.0 Å². The van der Waals surface area contributed by atoms with Gasteiger partial charge < -0.3 is 20.5 Å². The Morgan fingerprint density at radius 1 is 1.10 bits per heavy atom. The van der Waals surface area contributed by atoms with Crippen LogP contribution in [0, 0.1) is 5.41 Å². The van der Waals surface area contributed by atoms with E-state index in [0.717, 1.165) is 18.4 Å². The van der Waals surface area contributed by atoms with Crippen LogP contribution in [0.5, 0.6) is 5.75 Å². The summed E-state index contributed by atoms with van der Waals surface area (Å²) in [6.45, 7) is 7.35. The van der Waals surface area contributed by atoms with E-state index in [1.54, 1.807) is 18.2 Å². The van der Waals surface area contributed by atoms with E-state index >= 15 is 0 Å². The number of carbonyl (C=O) groups excluding carboxylic acids is 2. The summed E-state index contributed by atoms with van der Waals surface area (Å²) in [7, 11) is 0. The fourth-order valence-electron chi connectivity index (χ4n) is 4.07. The van der Waals surface area contributed by atoms with Gasteiger partial charge in [-0.2, -0.15) is 0 Å². The van der Waals surface area contributed by atoms with Crippen molar-refractivity contribution in [1.82, 2.24) is 4.90 Å². The van der Waals surface area contributed by atoms with Crippen LogP contribution in [0.4, 0.5) is 4.79 Å². The van der Waals surface area contributed by atoms with Gasteiger partial charge in [0.1, 0.15) is 11.9 Å². The highest BCUT2D eigenvalue weighted by atomic mass is 16.6. The van der Waals surface area contributed by atoms with Gasteiger partial charge in [-0.15, -0.1) is 0 Å². The molecule has 6 heteroatoms. The number of ether oxygens (including phenoxy) is 1. The molecule has 1 saturated heterocycles. The zero-order chi connectivity index (χ0) is 21.9. The van der Waals surface area contributed by atoms with E-state index in [4.69, 9.17) is 10.5 Å². The van der Waals surface area contributed by atoms with Crippen molar-refractivity contribution in [3.63, 3.8) is 0 Å². The van der Waals surface area contributed by atoms with Crippen LogP contribution in [0.1, 0.15) is 67.1 Å². The Labute approximate surface area is 177 Å². The van der Waals surface area contributed by atoms with Crippen molar-refractivity contribution < 1.29 is 19.4 Å². The molecule has 0 spiro atoms. The second-order valence-corrected chi connectivity index (χ2v) is 8.97. The first kappa shape index (κ1) is 21.7. The first-order valence-corrected chi connectivity index (χ1v) is 10.3. The number of rotatable bonds is 4. The molecule has 2 aromatic rings. The van der Waals surface area contributed by atoms with Crippen molar-refractivity contribution in [2.75, 3.05) is 13.1 Å². The van der Waals surface area contributed by atoms with E-state index in [1.807, 2.05) is 37.8 Å². The van der Waals surface area contributed by atoms with Crippen LogP contribution in [0.2, 0.25) is 0 Å². The van der Waals surface area contributed by atoms with Crippen molar-refractivity contribution in [2.24, 2.45) is 11.1 Å². The lowest BCUT2D eigenvalue weighted by Gasteiger charge is -2.33. The fourth-order valence-corrected chi connectivity index (χ4v) is 4.07. The average molecular weight is 411 g/mol. The number of carbonyl (C=O) groups is 2. The number of nitrogens with zero attached hydrogens (tertiary/aromatic N) is 1. The summed E-state index contributed by atoms with van der Waals surface area (Å²) in [4.78, 5) is 25.9. The van der Waals surface area contributed by atoms with E-state index in [1.165, 1.54) is 11.6 Å². The molecule has 3 N–H and O–H groups in total. The quantitative estimate of drug-likeness (QED) is 0.771. The number of hydrogen-bond donors (Lipinski definition) is 2. The second kappa shape index (κ2) is 8.78. The van der Waals surface area contributed by atoms with Crippen molar-refractivity contribution in [3.05, 3.63) is 65.2 Å². The molecule has 6 nitrogen and oxygen atoms in total. The Kier molecular flexibility index (Phi) is 6.34. The topological polar surface area (TPSA) is 92.9 Å². The molecule has 1 aliphatic heterocycles. The number of amides is 2. The van der Waals surface area contributed by atoms with E-state index in [2.05, 4.69) is 12.1 Å². The molecule has 1 unspecified atom stereocenters. The van der Waals surface area contributed by atoms with Gasteiger partial charge in [0.25, 0.3) is 5.91 Å². The van der Waals surface area contributed by atoms with Crippen molar-refractivity contribution in [1.29, 1.82) is 0 Å². The lowest BCUT2D eigenvalue weighted by atomic mass is 9.82. The summed E-state index contributed by atoms with van der Waals surface area (Å²) in [6.07, 6.45) is 0.497. The lowest BCUT2D eigenvalue weighted by molar-refractivity contribution is 0.0359. The normalized spacial score (nSPS) is 16.2. The second-order valence-electron chi connectivity index (χ2n) is 8.97. The Bertz CT molecular complexity index is 911. The Morgan fingerprint density at radius 3 is 2.37 bits per heavy atom. The third-order valence-electron chi connectivity index (χ3n) is 5.58. The number of nitrogens with two attached hydrogens (primary N) is 1. The molecule has 2 aromatic carbocycles. The zero-order valence-corrected chi connectivity index (χ0v) is 17.8. The Morgan fingerprint density at radius 2 is 1.77 bits per heavy atom. The maximum atomic E-state index is 12.7. The van der Waals surface area contributed by atoms with Gasteiger partial charge in [0.2, 0.25) is 0 Å². The number of hydrogen-bond acceptors (Lipinski definition) is 4. The van der Waals surface area contributed by atoms with Crippen molar-refractivity contribution in [2.45, 2.75) is 45.6 Å². The Balaban J connectivity index is 1.71. The fraction of sp³-hybridized carbons (Fsp3) is 0.417. The van der Waals surface area contributed by atoms with E-state index < -0.39 is 12.2 Å². The van der Waals surface area contributed by atoms with Gasteiger partial charge in [-0.1, -0.05) is 51.1 Å². The van der Waals surface area contributed by atoms with E-state index in [0.29, 0.717) is 24.6 Å². The first-order chi connectivity index (χ1) is 14.1. The number of benzene rings is 2. The molecule has 2 amide bonds. The standard InChI is InChI=1S/C24H30N2O4/c1-24(2,3)21(30-23(25)29)18-7-4-6-17(14-18)16-10-12-26(13-11-16)22(28)19-8-5-9-20(27)15-19/h4-9,14-16,21,27H,10-13H2,1-3H3,(H2,25,29). The van der Waals surface area contributed by atoms with E-state index in [-0.39, 0.29) is 17.1 Å². The zero-order valence-electron chi connectivity index (χ0n) is 17.8. The molecule has 30 heavy (non-hydrogen) atoms. The van der Waals surface area contributed by atoms with Gasteiger partial charge in [-0.05, 0) is 48.1 Å². The van der Waals surface area contributed by atoms with Crippen LogP contribution >= 0.6 is 0 Å². The molecule has 1 aliphatic rings. The molecule has 0 aliphatic carbocycles. The third-order valence-corrected chi connectivity index (χ3v) is 5.58. The highest BCUT2D eigenvalue weighted by Crippen LogP contribution is 2.38. The van der Waals surface area contributed by atoms with Crippen LogP contribution < -0.4 is 5.73 Å². The number of likely N-dealkylation sites (tertiary alicyclic amines) is 1. The summed E-state index contributed by atoms with van der Waals surface area (Å²) in [5.41, 5.74) is 7.62. The van der Waals surface area contributed by atoms with Gasteiger partial charge in [0.15, 0.2) is 0 Å². The molecular weight excluding hydrogens is 380 g/mol. The smallest absolute Gasteiger partial charge is 0.405 e. The molecule has 160 valence electrons. The minimum Gasteiger partial charge on any atom is -0.508 e. The highest BCUT2D eigenvalue weighted by Gasteiger charge is 2.31. The largest absolute Gasteiger partial charge is 0.508 e. The molecule has 0 saturated carbocycles. The maximum Gasteiger partial charge on any atom is 0.405 e. The highest BCUT2D eigenvalue weighted by molar-refractivity contribution is 5.94. The summed E-state index contributed by atoms with van der Waals surface area (Å²) in [6, 6.07) is 14.6. The van der Waals surface area contributed by atoms with Crippen LogP contribution in [0.3, 0.4) is 0 Å². The molecule has 0 aromatic heterocycles. The minimum absolute atomic E-state index is 0.0549. The average Bonchev–Trinajstić information content (AvgIpc) is 2.71. The molecule has 1 heterocycles. The van der Waals surface area contributed by atoms with E-state index in [9.17, 15) is 14.7 Å². The van der Waals surface area contributed by atoms with Gasteiger partial charge in [-0.25, -0.2) is 4.79 Å². The van der Waals surface area contributed by atoms with Gasteiger partial charge in [-0.3, -0.25) is 4.79 Å². The molecular formula is C24H30N2O4. The minimum atomic E-state index is -0.779. The van der Waals surface area contributed by atoms with Gasteiger partial charge in [0.05, 0.1) is 0 Å². The predicted octanol–water partition coefficient (Wildman–Crippen LogP) is 4.59. The number of phenolic OH excluding ortho intramolecular Hbond substituents is 1. The summed E-state index contributed by atoms with van der Waals surface area (Å²) < 4.78 is 5.42. The van der Waals surface area contributed by atoms with Gasteiger partial charge in [0, 0.05) is 24.1 Å². The molecule has 1 atom stereocenters. The summed E-state index contributed by atoms with van der Waals surface area (Å²) >= 11 is 0. The monoisotopic (exact) mass is 410 g/mol. The molecule has 3 rings (SSSR count). The Hall–Kier alpha value is -3.02. The summed E-state index contributed by atoms with van der Waals surface area (Å²) in [5, 5.41) is 9.62. The van der Waals surface area contributed by atoms with Crippen molar-refractivity contribution in [3.8, 4) is 5.75 Å². The van der Waals surface area contributed by atoms with Crippen LogP contribution in [0.15, 0.2) is 48.5 Å². The number of primary amides is 1. The number of phenols is 1. The predicted molar refractivity (Wildman–Crippen MR) is 115 cm³/mol. The number of aromatic hydroxyl groups is 1. The third kappa shape index (κ3) is 5.12. The molecule has 0 radical (unpaired) electrons. The first-order valence-electron chi connectivity index (χ1n) is 10.3. The SMILES string of the molecule is CC(C)(C)C(OC(N)=O)c1cccc(C2CCN(C(=O)c3cccc(O)c3)CC2)c1. The van der Waals surface area contributed by atoms with Crippen LogP contribution in [-0.2, 0) is 4.74 Å². The molecule has 0 bridgehead atoms.